The van der Waals surface area contributed by atoms with E-state index in [1.165, 1.54) is 24.3 Å². The fourth-order valence-electron chi connectivity index (χ4n) is 2.70. The van der Waals surface area contributed by atoms with Crippen LogP contribution in [-0.2, 0) is 16.0 Å². The van der Waals surface area contributed by atoms with E-state index in [-0.39, 0.29) is 31.2 Å². The average molecular weight is 412 g/mol. The van der Waals surface area contributed by atoms with Crippen molar-refractivity contribution in [1.82, 2.24) is 21.0 Å². The van der Waals surface area contributed by atoms with Gasteiger partial charge in [-0.1, -0.05) is 23.4 Å². The lowest BCUT2D eigenvalue weighted by molar-refractivity contribution is -0.130. The summed E-state index contributed by atoms with van der Waals surface area (Å²) < 4.78 is 23.6. The third kappa shape index (κ3) is 5.63. The van der Waals surface area contributed by atoms with Crippen molar-refractivity contribution in [2.24, 2.45) is 0 Å². The van der Waals surface area contributed by atoms with Crippen LogP contribution in [0.5, 0.6) is 5.75 Å². The number of halogens is 1. The van der Waals surface area contributed by atoms with Crippen molar-refractivity contribution >= 4 is 11.8 Å². The molecule has 0 fully saturated rings. The van der Waals surface area contributed by atoms with Gasteiger partial charge in [-0.05, 0) is 49.2 Å². The highest BCUT2D eigenvalue weighted by Crippen LogP contribution is 2.22. The summed E-state index contributed by atoms with van der Waals surface area (Å²) in [5.41, 5.74) is 7.06. The first-order valence-corrected chi connectivity index (χ1v) is 9.27. The summed E-state index contributed by atoms with van der Waals surface area (Å²) in [6.07, 6.45) is 0.220. The number of aromatic nitrogens is 2. The van der Waals surface area contributed by atoms with E-state index in [9.17, 15) is 14.0 Å². The maximum atomic E-state index is 13.0. The number of carbonyl (C=O) groups excluding carboxylic acids is 2. The van der Waals surface area contributed by atoms with Crippen LogP contribution >= 0.6 is 0 Å². The molecule has 156 valence electrons. The predicted molar refractivity (Wildman–Crippen MR) is 106 cm³/mol. The van der Waals surface area contributed by atoms with Gasteiger partial charge in [-0.25, -0.2) is 4.39 Å². The number of carbonyl (C=O) groups is 2. The molecule has 30 heavy (non-hydrogen) atoms. The number of ether oxygens (including phenoxy) is 1. The van der Waals surface area contributed by atoms with E-state index in [1.807, 2.05) is 32.0 Å². The van der Waals surface area contributed by atoms with Gasteiger partial charge in [0, 0.05) is 18.4 Å². The molecule has 0 saturated carbocycles. The summed E-state index contributed by atoms with van der Waals surface area (Å²) in [5, 5.41) is 3.81. The van der Waals surface area contributed by atoms with Crippen LogP contribution in [0.3, 0.4) is 0 Å². The van der Waals surface area contributed by atoms with E-state index in [1.54, 1.807) is 0 Å². The van der Waals surface area contributed by atoms with Crippen LogP contribution in [0.15, 0.2) is 47.0 Å². The fourth-order valence-corrected chi connectivity index (χ4v) is 2.70. The van der Waals surface area contributed by atoms with Gasteiger partial charge in [0.25, 0.3) is 5.91 Å². The molecule has 0 radical (unpaired) electrons. The average Bonchev–Trinajstić information content (AvgIpc) is 3.20. The number of hydrogen-bond donors (Lipinski definition) is 2. The van der Waals surface area contributed by atoms with Crippen molar-refractivity contribution in [3.05, 3.63) is 65.3 Å². The maximum Gasteiger partial charge on any atom is 0.276 e. The van der Waals surface area contributed by atoms with E-state index in [4.69, 9.17) is 9.26 Å². The standard InChI is InChI=1S/C21H21FN4O4/c1-13-4-3-5-14(2)20(13)29-12-18(28)25-24-17(27)10-11-19-23-21(26-30-19)15-6-8-16(22)9-7-15/h3-9H,10-12H2,1-2H3,(H,24,27)(H,25,28). The molecular formula is C21H21FN4O4. The number of rotatable bonds is 7. The minimum atomic E-state index is -0.484. The molecule has 1 heterocycles. The van der Waals surface area contributed by atoms with Gasteiger partial charge in [0.1, 0.15) is 11.6 Å². The summed E-state index contributed by atoms with van der Waals surface area (Å²) in [4.78, 5) is 28.0. The molecule has 3 rings (SSSR count). The predicted octanol–water partition coefficient (Wildman–Crippen LogP) is 2.65. The number of hydrazine groups is 1. The first-order chi connectivity index (χ1) is 14.4. The summed E-state index contributed by atoms with van der Waals surface area (Å²) in [6.45, 7) is 3.55. The number of aryl methyl sites for hydroxylation is 3. The molecule has 0 aliphatic rings. The highest BCUT2D eigenvalue weighted by molar-refractivity contribution is 5.82. The van der Waals surface area contributed by atoms with Crippen LogP contribution in [0, 0.1) is 19.7 Å². The first kappa shape index (κ1) is 21.0. The second kappa shape index (κ2) is 9.64. The molecule has 2 amide bonds. The Labute approximate surface area is 172 Å². The van der Waals surface area contributed by atoms with E-state index in [0.717, 1.165) is 11.1 Å². The zero-order valence-corrected chi connectivity index (χ0v) is 16.6. The smallest absolute Gasteiger partial charge is 0.276 e. The van der Waals surface area contributed by atoms with Crippen molar-refractivity contribution in [3.8, 4) is 17.1 Å². The maximum absolute atomic E-state index is 13.0. The Morgan fingerprint density at radius 2 is 1.70 bits per heavy atom. The van der Waals surface area contributed by atoms with Crippen molar-refractivity contribution in [3.63, 3.8) is 0 Å². The minimum Gasteiger partial charge on any atom is -0.483 e. The Bertz CT molecular complexity index is 1010. The van der Waals surface area contributed by atoms with Crippen LogP contribution in [-0.4, -0.2) is 28.6 Å². The second-order valence-corrected chi connectivity index (χ2v) is 6.62. The Balaban J connectivity index is 1.41. The van der Waals surface area contributed by atoms with Gasteiger partial charge in [0.05, 0.1) is 0 Å². The first-order valence-electron chi connectivity index (χ1n) is 9.27. The Kier molecular flexibility index (Phi) is 6.74. The van der Waals surface area contributed by atoms with Gasteiger partial charge in [0.2, 0.25) is 17.6 Å². The summed E-state index contributed by atoms with van der Waals surface area (Å²) >= 11 is 0. The van der Waals surface area contributed by atoms with E-state index < -0.39 is 11.8 Å². The lowest BCUT2D eigenvalue weighted by Crippen LogP contribution is -2.44. The zero-order chi connectivity index (χ0) is 21.5. The monoisotopic (exact) mass is 412 g/mol. The van der Waals surface area contributed by atoms with Crippen molar-refractivity contribution < 1.29 is 23.2 Å². The molecule has 0 aliphatic carbocycles. The normalized spacial score (nSPS) is 10.5. The number of nitrogens with zero attached hydrogens (tertiary/aromatic N) is 2. The van der Waals surface area contributed by atoms with E-state index in [2.05, 4.69) is 21.0 Å². The van der Waals surface area contributed by atoms with Crippen LogP contribution in [0.1, 0.15) is 23.4 Å². The zero-order valence-electron chi connectivity index (χ0n) is 16.6. The van der Waals surface area contributed by atoms with Gasteiger partial charge in [0.15, 0.2) is 6.61 Å². The lowest BCUT2D eigenvalue weighted by Gasteiger charge is -2.12. The minimum absolute atomic E-state index is 0.0308. The molecule has 0 unspecified atom stereocenters. The van der Waals surface area contributed by atoms with Gasteiger partial charge in [-0.3, -0.25) is 20.4 Å². The Morgan fingerprint density at radius 3 is 2.40 bits per heavy atom. The topological polar surface area (TPSA) is 106 Å². The fraction of sp³-hybridized carbons (Fsp3) is 0.238. The quantitative estimate of drug-likeness (QED) is 0.578. The van der Waals surface area contributed by atoms with Gasteiger partial charge < -0.3 is 9.26 Å². The lowest BCUT2D eigenvalue weighted by atomic mass is 10.1. The van der Waals surface area contributed by atoms with Crippen molar-refractivity contribution in [2.45, 2.75) is 26.7 Å². The summed E-state index contributed by atoms with van der Waals surface area (Å²) in [5.74, 6) is -0.0520. The highest BCUT2D eigenvalue weighted by atomic mass is 19.1. The molecule has 3 aromatic rings. The Hall–Kier alpha value is -3.75. The third-order valence-electron chi connectivity index (χ3n) is 4.23. The van der Waals surface area contributed by atoms with E-state index in [0.29, 0.717) is 17.1 Å². The summed E-state index contributed by atoms with van der Waals surface area (Å²) in [7, 11) is 0. The molecule has 0 aliphatic heterocycles. The largest absolute Gasteiger partial charge is 0.483 e. The number of benzene rings is 2. The van der Waals surface area contributed by atoms with Crippen LogP contribution in [0.4, 0.5) is 4.39 Å². The molecule has 0 saturated heterocycles. The number of amides is 2. The van der Waals surface area contributed by atoms with Crippen molar-refractivity contribution in [2.75, 3.05) is 6.61 Å². The molecule has 0 spiro atoms. The molecule has 2 N–H and O–H groups in total. The van der Waals surface area contributed by atoms with Gasteiger partial charge in [-0.15, -0.1) is 0 Å². The Morgan fingerprint density at radius 1 is 1.03 bits per heavy atom. The van der Waals surface area contributed by atoms with Crippen LogP contribution < -0.4 is 15.6 Å². The van der Waals surface area contributed by atoms with Crippen LogP contribution in [0.25, 0.3) is 11.4 Å². The molecule has 9 heteroatoms. The molecule has 2 aromatic carbocycles. The summed E-state index contributed by atoms with van der Waals surface area (Å²) in [6, 6.07) is 11.3. The third-order valence-corrected chi connectivity index (χ3v) is 4.23. The molecule has 1 aromatic heterocycles. The number of nitrogens with one attached hydrogen (secondary N) is 2. The second-order valence-electron chi connectivity index (χ2n) is 6.62. The van der Waals surface area contributed by atoms with Gasteiger partial charge in [-0.2, -0.15) is 4.98 Å². The van der Waals surface area contributed by atoms with Crippen LogP contribution in [0.2, 0.25) is 0 Å². The number of hydrogen-bond acceptors (Lipinski definition) is 6. The molecule has 8 nitrogen and oxygen atoms in total. The van der Waals surface area contributed by atoms with Crippen molar-refractivity contribution in [1.29, 1.82) is 0 Å². The van der Waals surface area contributed by atoms with Gasteiger partial charge >= 0.3 is 0 Å². The molecule has 0 bridgehead atoms. The number of para-hydroxylation sites is 1. The molecular weight excluding hydrogens is 391 g/mol. The molecule has 0 atom stereocenters. The van der Waals surface area contributed by atoms with E-state index >= 15 is 0 Å². The SMILES string of the molecule is Cc1cccc(C)c1OCC(=O)NNC(=O)CCc1nc(-c2ccc(F)cc2)no1. The highest BCUT2D eigenvalue weighted by Gasteiger charge is 2.12.